The fourth-order valence-electron chi connectivity index (χ4n) is 5.12. The first-order valence-corrected chi connectivity index (χ1v) is 14.8. The van der Waals surface area contributed by atoms with E-state index >= 15 is 0 Å². The fraction of sp³-hybridized carbons (Fsp3) is 0.444. The van der Waals surface area contributed by atoms with Gasteiger partial charge in [-0.15, -0.1) is 0 Å². The van der Waals surface area contributed by atoms with Crippen molar-refractivity contribution in [3.8, 4) is 5.75 Å². The molecule has 1 heterocycles. The smallest absolute Gasteiger partial charge is 0.303 e. The largest absolute Gasteiger partial charge is 0.497 e. The fourth-order valence-corrected chi connectivity index (χ4v) is 6.24. The highest BCUT2D eigenvalue weighted by atomic mass is 32.3. The van der Waals surface area contributed by atoms with Gasteiger partial charge in [0.15, 0.2) is 0 Å². The number of benzene rings is 2. The minimum absolute atomic E-state index is 0.0171. The van der Waals surface area contributed by atoms with Crippen LogP contribution in [0.4, 0.5) is 10.1 Å². The van der Waals surface area contributed by atoms with Crippen molar-refractivity contribution in [2.75, 3.05) is 37.7 Å². The number of aliphatic carboxylic acids is 1. The zero-order valence-electron chi connectivity index (χ0n) is 21.0. The molecule has 0 radical (unpaired) electrons. The molecule has 7 nitrogen and oxygen atoms in total. The van der Waals surface area contributed by atoms with Gasteiger partial charge in [0.2, 0.25) is 5.91 Å². The highest BCUT2D eigenvalue weighted by molar-refractivity contribution is 8.32. The lowest BCUT2D eigenvalue weighted by molar-refractivity contribution is -0.149. The molecule has 1 aliphatic carbocycles. The number of hydrogen-bond acceptors (Lipinski definition) is 4. The van der Waals surface area contributed by atoms with Crippen molar-refractivity contribution >= 4 is 33.5 Å². The van der Waals surface area contributed by atoms with E-state index in [1.54, 1.807) is 36.3 Å². The first-order chi connectivity index (χ1) is 17.0. The Labute approximate surface area is 212 Å². The Morgan fingerprint density at radius 1 is 1.14 bits per heavy atom. The van der Waals surface area contributed by atoms with Crippen molar-refractivity contribution in [1.82, 2.24) is 4.90 Å². The number of carboxylic acid groups (broad SMARTS) is 1. The van der Waals surface area contributed by atoms with Gasteiger partial charge in [-0.25, -0.2) is 14.4 Å². The predicted molar refractivity (Wildman–Crippen MR) is 138 cm³/mol. The molecular formula is C27H33FN2O5S. The molecule has 2 aromatic rings. The first-order valence-electron chi connectivity index (χ1n) is 12.0. The molecule has 0 aromatic heterocycles. The maximum Gasteiger partial charge on any atom is 0.303 e. The number of rotatable bonds is 7. The second-order valence-corrected chi connectivity index (χ2v) is 14.5. The van der Waals surface area contributed by atoms with Gasteiger partial charge in [0, 0.05) is 29.5 Å². The van der Waals surface area contributed by atoms with Gasteiger partial charge in [0.25, 0.3) is 5.91 Å². The standard InChI is InChI=1S/C27H33FN2O5S/c1-35-20-6-7-21-17(14-20)9-10-30(27(34)18-11-16(12-18)13-24(31)32)25(21)26(33)29-19-5-8-23(22(28)15-19)36(2,3)4/h5-8,14-16,18,25H,9-13H2,1-4H3,(H,29,33)(H,31,32)/t16-,18-,25-/m1/s1. The van der Waals surface area contributed by atoms with Crippen LogP contribution < -0.4 is 10.1 Å². The number of ether oxygens (including phenoxy) is 1. The van der Waals surface area contributed by atoms with Crippen molar-refractivity contribution in [2.45, 2.75) is 36.6 Å². The van der Waals surface area contributed by atoms with E-state index < -0.39 is 27.9 Å². The molecule has 194 valence electrons. The Kier molecular flexibility index (Phi) is 7.31. The van der Waals surface area contributed by atoms with Gasteiger partial charge in [-0.2, -0.15) is 0 Å². The number of nitrogens with zero attached hydrogens (tertiary/aromatic N) is 1. The summed E-state index contributed by atoms with van der Waals surface area (Å²) in [5, 5.41) is 11.8. The van der Waals surface area contributed by atoms with E-state index in [-0.39, 0.29) is 30.0 Å². The average Bonchev–Trinajstić information content (AvgIpc) is 2.78. The predicted octanol–water partition coefficient (Wildman–Crippen LogP) is 4.45. The summed E-state index contributed by atoms with van der Waals surface area (Å²) >= 11 is 0. The van der Waals surface area contributed by atoms with E-state index in [1.165, 1.54) is 6.07 Å². The third-order valence-electron chi connectivity index (χ3n) is 7.02. The molecule has 9 heteroatoms. The maximum atomic E-state index is 14.8. The lowest BCUT2D eigenvalue weighted by Crippen LogP contribution is -2.50. The zero-order valence-corrected chi connectivity index (χ0v) is 21.9. The molecule has 0 bridgehead atoms. The van der Waals surface area contributed by atoms with Crippen LogP contribution in [0.1, 0.15) is 36.4 Å². The summed E-state index contributed by atoms with van der Waals surface area (Å²) in [6, 6.07) is 9.31. The molecule has 36 heavy (non-hydrogen) atoms. The number of methoxy groups -OCH3 is 1. The number of anilines is 1. The topological polar surface area (TPSA) is 95.9 Å². The SMILES string of the molecule is COc1ccc2c(c1)CCN(C(=O)[C@H]1C[C@H](CC(=O)O)C1)[C@H]2C(=O)Nc1ccc(S(C)(C)C)c(F)c1. The van der Waals surface area contributed by atoms with E-state index in [2.05, 4.69) is 5.32 Å². The van der Waals surface area contributed by atoms with Crippen LogP contribution in [0, 0.1) is 17.7 Å². The van der Waals surface area contributed by atoms with Gasteiger partial charge in [-0.1, -0.05) is 6.07 Å². The molecule has 2 N–H and O–H groups in total. The molecule has 4 rings (SSSR count). The summed E-state index contributed by atoms with van der Waals surface area (Å²) in [6.07, 6.45) is 7.64. The maximum absolute atomic E-state index is 14.8. The Bertz CT molecular complexity index is 1190. The van der Waals surface area contributed by atoms with Gasteiger partial charge in [-0.05, 0) is 85.4 Å². The second kappa shape index (κ2) is 10.1. The summed E-state index contributed by atoms with van der Waals surface area (Å²) in [7, 11) is 0.302. The summed E-state index contributed by atoms with van der Waals surface area (Å²) in [5.41, 5.74) is 1.97. The van der Waals surface area contributed by atoms with E-state index in [9.17, 15) is 18.8 Å². The highest BCUT2D eigenvalue weighted by Crippen LogP contribution is 2.47. The van der Waals surface area contributed by atoms with E-state index in [0.29, 0.717) is 47.7 Å². The quantitative estimate of drug-likeness (QED) is 0.567. The third kappa shape index (κ3) is 5.36. The van der Waals surface area contributed by atoms with E-state index in [1.807, 2.05) is 24.8 Å². The molecule has 2 aliphatic rings. The Hall–Kier alpha value is -3.07. The number of nitrogens with one attached hydrogen (secondary N) is 1. The molecule has 1 saturated carbocycles. The first kappa shape index (κ1) is 26.0. The van der Waals surface area contributed by atoms with Crippen LogP contribution in [0.25, 0.3) is 0 Å². The number of halogens is 1. The second-order valence-electron chi connectivity index (χ2n) is 10.4. The molecule has 0 saturated heterocycles. The molecular weight excluding hydrogens is 483 g/mol. The normalized spacial score (nSPS) is 21.7. The van der Waals surface area contributed by atoms with Crippen molar-refractivity contribution < 1.29 is 28.6 Å². The molecule has 0 unspecified atom stereocenters. The van der Waals surface area contributed by atoms with Crippen molar-refractivity contribution in [1.29, 1.82) is 0 Å². The average molecular weight is 517 g/mol. The minimum Gasteiger partial charge on any atom is -0.497 e. The Balaban J connectivity index is 1.60. The molecule has 2 amide bonds. The molecule has 2 aromatic carbocycles. The van der Waals surface area contributed by atoms with Crippen LogP contribution in [0.15, 0.2) is 41.3 Å². The van der Waals surface area contributed by atoms with Crippen molar-refractivity contribution in [3.63, 3.8) is 0 Å². The van der Waals surface area contributed by atoms with Crippen LogP contribution in [-0.2, 0) is 20.8 Å². The summed E-state index contributed by atoms with van der Waals surface area (Å²) < 4.78 is 20.1. The molecule has 1 atom stereocenters. The van der Waals surface area contributed by atoms with Crippen LogP contribution in [0.5, 0.6) is 5.75 Å². The van der Waals surface area contributed by atoms with Crippen LogP contribution in [0.3, 0.4) is 0 Å². The van der Waals surface area contributed by atoms with Gasteiger partial charge >= 0.3 is 5.97 Å². The van der Waals surface area contributed by atoms with Gasteiger partial charge in [-0.3, -0.25) is 14.4 Å². The summed E-state index contributed by atoms with van der Waals surface area (Å²) in [4.78, 5) is 40.3. The number of fused-ring (bicyclic) bond motifs is 1. The van der Waals surface area contributed by atoms with Crippen molar-refractivity contribution in [3.05, 3.63) is 53.3 Å². The van der Waals surface area contributed by atoms with E-state index in [4.69, 9.17) is 9.84 Å². The number of amides is 2. The van der Waals surface area contributed by atoms with Crippen LogP contribution in [-0.4, -0.2) is 60.2 Å². The van der Waals surface area contributed by atoms with Gasteiger partial charge in [0.05, 0.1) is 7.11 Å². The third-order valence-corrected chi connectivity index (χ3v) is 8.67. The number of hydrogen-bond donors (Lipinski definition) is 2. The highest BCUT2D eigenvalue weighted by Gasteiger charge is 2.43. The lowest BCUT2D eigenvalue weighted by Gasteiger charge is -2.42. The Morgan fingerprint density at radius 3 is 2.47 bits per heavy atom. The number of carboxylic acids is 1. The summed E-state index contributed by atoms with van der Waals surface area (Å²) in [6.45, 7) is 0.359. The number of carbonyl (C=O) groups is 3. The van der Waals surface area contributed by atoms with Crippen molar-refractivity contribution in [2.24, 2.45) is 11.8 Å². The van der Waals surface area contributed by atoms with Crippen LogP contribution >= 0.6 is 10.0 Å². The molecule has 0 spiro atoms. The van der Waals surface area contributed by atoms with Gasteiger partial charge < -0.3 is 20.1 Å². The zero-order chi connectivity index (χ0) is 26.2. The molecule has 1 fully saturated rings. The Morgan fingerprint density at radius 2 is 1.86 bits per heavy atom. The van der Waals surface area contributed by atoms with Gasteiger partial charge in [0.1, 0.15) is 17.6 Å². The minimum atomic E-state index is -1.27. The monoisotopic (exact) mass is 516 g/mol. The molecule has 1 aliphatic heterocycles. The van der Waals surface area contributed by atoms with E-state index in [0.717, 1.165) is 5.56 Å². The number of carbonyl (C=O) groups excluding carboxylic acids is 2. The van der Waals surface area contributed by atoms with Crippen LogP contribution in [0.2, 0.25) is 0 Å². The lowest BCUT2D eigenvalue weighted by atomic mass is 9.72. The summed E-state index contributed by atoms with van der Waals surface area (Å²) in [5.74, 6) is -1.42.